The largest absolute Gasteiger partial charge is 0.349 e. The second kappa shape index (κ2) is 10.0. The van der Waals surface area contributed by atoms with E-state index in [0.29, 0.717) is 17.0 Å². The first-order valence-electron chi connectivity index (χ1n) is 10.5. The van der Waals surface area contributed by atoms with Crippen molar-refractivity contribution in [2.45, 2.75) is 62.9 Å². The number of benzene rings is 2. The molecule has 0 atom stereocenters. The highest BCUT2D eigenvalue weighted by atomic mass is 32.2. The topological polar surface area (TPSA) is 66.5 Å². The number of carbonyl (C=O) groups is 1. The molecule has 1 saturated carbocycles. The van der Waals surface area contributed by atoms with Crippen molar-refractivity contribution in [2.75, 3.05) is 6.54 Å². The molecule has 0 spiro atoms. The molecule has 0 radical (unpaired) electrons. The first kappa shape index (κ1) is 21.5. The fourth-order valence-corrected chi connectivity index (χ4v) is 5.22. The summed E-state index contributed by atoms with van der Waals surface area (Å²) in [4.78, 5) is 12.8. The minimum atomic E-state index is -3.54. The summed E-state index contributed by atoms with van der Waals surface area (Å²) in [5, 5.41) is 3.15. The Kier molecular flexibility index (Phi) is 7.45. The average Bonchev–Trinajstić information content (AvgIpc) is 3.01. The number of nitrogens with one attached hydrogen (secondary N) is 1. The van der Waals surface area contributed by atoms with Gasteiger partial charge in [0.05, 0.1) is 4.90 Å². The van der Waals surface area contributed by atoms with E-state index in [-0.39, 0.29) is 18.5 Å². The van der Waals surface area contributed by atoms with E-state index in [9.17, 15) is 13.2 Å². The number of amides is 1. The molecule has 6 heteroatoms. The van der Waals surface area contributed by atoms with E-state index in [2.05, 4.69) is 5.32 Å². The molecule has 1 aliphatic carbocycles. The van der Waals surface area contributed by atoms with Gasteiger partial charge in [-0.05, 0) is 42.7 Å². The highest BCUT2D eigenvalue weighted by Crippen LogP contribution is 2.19. The van der Waals surface area contributed by atoms with Crippen LogP contribution in [0.1, 0.15) is 61.4 Å². The lowest BCUT2D eigenvalue weighted by atomic mass is 10.1. The van der Waals surface area contributed by atoms with Crippen LogP contribution in [0.2, 0.25) is 0 Å². The summed E-state index contributed by atoms with van der Waals surface area (Å²) in [7, 11) is -3.54. The maximum Gasteiger partial charge on any atom is 0.251 e. The van der Waals surface area contributed by atoms with Crippen molar-refractivity contribution in [1.82, 2.24) is 9.62 Å². The summed E-state index contributed by atoms with van der Waals surface area (Å²) in [6, 6.07) is 16.0. The van der Waals surface area contributed by atoms with E-state index in [1.54, 1.807) is 42.5 Å². The van der Waals surface area contributed by atoms with Gasteiger partial charge >= 0.3 is 0 Å². The minimum absolute atomic E-state index is 0.0484. The van der Waals surface area contributed by atoms with Crippen molar-refractivity contribution < 1.29 is 13.2 Å². The zero-order valence-corrected chi connectivity index (χ0v) is 17.8. The Bertz CT molecular complexity index is 887. The number of rotatable bonds is 7. The Morgan fingerprint density at radius 1 is 0.966 bits per heavy atom. The van der Waals surface area contributed by atoms with E-state index < -0.39 is 10.0 Å². The lowest BCUT2D eigenvalue weighted by molar-refractivity contribution is 0.0933. The standard InChI is InChI=1S/C23H30N2O3S/c1-2-25(29(27,28)22-12-8-5-9-13-22)18-19-14-16-20(17-15-19)23(26)24-21-10-6-3-4-7-11-21/h5,8-9,12-17,21H,2-4,6-7,10-11,18H2,1H3,(H,24,26). The first-order valence-corrected chi connectivity index (χ1v) is 11.9. The highest BCUT2D eigenvalue weighted by molar-refractivity contribution is 7.89. The van der Waals surface area contributed by atoms with Gasteiger partial charge in [-0.25, -0.2) is 8.42 Å². The molecular weight excluding hydrogens is 384 g/mol. The Balaban J connectivity index is 1.65. The molecule has 1 N–H and O–H groups in total. The summed E-state index contributed by atoms with van der Waals surface area (Å²) >= 11 is 0. The van der Waals surface area contributed by atoms with Crippen molar-refractivity contribution in [3.8, 4) is 0 Å². The summed E-state index contributed by atoms with van der Waals surface area (Å²) in [5.74, 6) is -0.0484. The minimum Gasteiger partial charge on any atom is -0.349 e. The van der Waals surface area contributed by atoms with Gasteiger partial charge in [-0.1, -0.05) is 62.9 Å². The molecule has 1 aliphatic rings. The van der Waals surface area contributed by atoms with Crippen molar-refractivity contribution in [2.24, 2.45) is 0 Å². The Labute approximate surface area is 174 Å². The van der Waals surface area contributed by atoms with Crippen LogP contribution in [0.3, 0.4) is 0 Å². The molecule has 0 heterocycles. The third-order valence-electron chi connectivity index (χ3n) is 5.50. The number of nitrogens with zero attached hydrogens (tertiary/aromatic N) is 1. The number of hydrogen-bond acceptors (Lipinski definition) is 3. The van der Waals surface area contributed by atoms with E-state index >= 15 is 0 Å². The third kappa shape index (κ3) is 5.67. The molecule has 1 amide bonds. The second-order valence-corrected chi connectivity index (χ2v) is 9.54. The molecular formula is C23H30N2O3S. The summed E-state index contributed by atoms with van der Waals surface area (Å²) in [6.07, 6.45) is 6.94. The smallest absolute Gasteiger partial charge is 0.251 e. The van der Waals surface area contributed by atoms with Crippen LogP contribution >= 0.6 is 0 Å². The zero-order chi connectivity index (χ0) is 20.7. The second-order valence-electron chi connectivity index (χ2n) is 7.60. The van der Waals surface area contributed by atoms with Crippen LogP contribution in [0.4, 0.5) is 0 Å². The predicted molar refractivity (Wildman–Crippen MR) is 115 cm³/mol. The first-order chi connectivity index (χ1) is 14.0. The van der Waals surface area contributed by atoms with Gasteiger partial charge < -0.3 is 5.32 Å². The SMILES string of the molecule is CCN(Cc1ccc(C(=O)NC2CCCCCC2)cc1)S(=O)(=O)c1ccccc1. The molecule has 1 fully saturated rings. The molecule has 156 valence electrons. The monoisotopic (exact) mass is 414 g/mol. The summed E-state index contributed by atoms with van der Waals surface area (Å²) < 4.78 is 27.2. The molecule has 2 aromatic carbocycles. The van der Waals surface area contributed by atoms with Crippen LogP contribution in [0, 0.1) is 0 Å². The van der Waals surface area contributed by atoms with Crippen molar-refractivity contribution in [3.63, 3.8) is 0 Å². The van der Waals surface area contributed by atoms with E-state index in [0.717, 1.165) is 18.4 Å². The highest BCUT2D eigenvalue weighted by Gasteiger charge is 2.23. The van der Waals surface area contributed by atoms with Gasteiger partial charge in [0.1, 0.15) is 0 Å². The van der Waals surface area contributed by atoms with Crippen molar-refractivity contribution >= 4 is 15.9 Å². The lowest BCUT2D eigenvalue weighted by Gasteiger charge is -2.21. The van der Waals surface area contributed by atoms with E-state index in [1.807, 2.05) is 19.1 Å². The van der Waals surface area contributed by atoms with Crippen LogP contribution in [-0.4, -0.2) is 31.2 Å². The van der Waals surface area contributed by atoms with Crippen LogP contribution in [0.5, 0.6) is 0 Å². The fraction of sp³-hybridized carbons (Fsp3) is 0.435. The molecule has 0 bridgehead atoms. The van der Waals surface area contributed by atoms with Gasteiger partial charge in [-0.2, -0.15) is 4.31 Å². The lowest BCUT2D eigenvalue weighted by Crippen LogP contribution is -2.34. The zero-order valence-electron chi connectivity index (χ0n) is 17.0. The maximum atomic E-state index is 12.9. The average molecular weight is 415 g/mol. The van der Waals surface area contributed by atoms with Gasteiger partial charge in [-0.15, -0.1) is 0 Å². The van der Waals surface area contributed by atoms with Crippen LogP contribution in [0.25, 0.3) is 0 Å². The van der Waals surface area contributed by atoms with Gasteiger partial charge in [0, 0.05) is 24.7 Å². The van der Waals surface area contributed by atoms with Crippen LogP contribution < -0.4 is 5.32 Å². The molecule has 0 saturated heterocycles. The van der Waals surface area contributed by atoms with E-state index in [4.69, 9.17) is 0 Å². The fourth-order valence-electron chi connectivity index (χ4n) is 3.77. The Morgan fingerprint density at radius 3 is 2.17 bits per heavy atom. The van der Waals surface area contributed by atoms with Gasteiger partial charge in [0.25, 0.3) is 5.91 Å². The molecule has 3 rings (SSSR count). The molecule has 0 aliphatic heterocycles. The maximum absolute atomic E-state index is 12.9. The molecule has 5 nitrogen and oxygen atoms in total. The molecule has 0 unspecified atom stereocenters. The quantitative estimate of drug-likeness (QED) is 0.685. The van der Waals surface area contributed by atoms with Crippen LogP contribution in [0.15, 0.2) is 59.5 Å². The Morgan fingerprint density at radius 2 is 1.59 bits per heavy atom. The number of sulfonamides is 1. The van der Waals surface area contributed by atoms with Crippen LogP contribution in [-0.2, 0) is 16.6 Å². The predicted octanol–water partition coefficient (Wildman–Crippen LogP) is 4.35. The summed E-state index contributed by atoms with van der Waals surface area (Å²) in [5.41, 5.74) is 1.48. The number of hydrogen-bond donors (Lipinski definition) is 1. The molecule has 2 aromatic rings. The van der Waals surface area contributed by atoms with E-state index in [1.165, 1.54) is 30.0 Å². The van der Waals surface area contributed by atoms with Gasteiger partial charge in [0.2, 0.25) is 10.0 Å². The molecule has 29 heavy (non-hydrogen) atoms. The van der Waals surface area contributed by atoms with Crippen molar-refractivity contribution in [3.05, 3.63) is 65.7 Å². The molecule has 0 aromatic heterocycles. The third-order valence-corrected chi connectivity index (χ3v) is 7.43. The van der Waals surface area contributed by atoms with Gasteiger partial charge in [0.15, 0.2) is 0 Å². The number of carbonyl (C=O) groups excluding carboxylic acids is 1. The Hall–Kier alpha value is -2.18. The normalized spacial score (nSPS) is 15.8. The summed E-state index contributed by atoms with van der Waals surface area (Å²) in [6.45, 7) is 2.48. The van der Waals surface area contributed by atoms with Crippen molar-refractivity contribution in [1.29, 1.82) is 0 Å². The van der Waals surface area contributed by atoms with Gasteiger partial charge in [-0.3, -0.25) is 4.79 Å².